The number of halogens is 8. The van der Waals surface area contributed by atoms with E-state index < -0.39 is 65.4 Å². The molecule has 1 atom stereocenters. The van der Waals surface area contributed by atoms with Gasteiger partial charge in [0.05, 0.1) is 11.1 Å². The Balaban J connectivity index is 2.28. The van der Waals surface area contributed by atoms with E-state index in [1.807, 2.05) is 0 Å². The van der Waals surface area contributed by atoms with Gasteiger partial charge in [0.2, 0.25) is 0 Å². The molecule has 0 saturated carbocycles. The molecule has 0 spiro atoms. The second kappa shape index (κ2) is 10.0. The molecule has 0 fully saturated rings. The minimum atomic E-state index is -5.17. The number of phenols is 1. The Labute approximate surface area is 199 Å². The zero-order valence-corrected chi connectivity index (χ0v) is 18.1. The molecule has 0 radical (unpaired) electrons. The highest BCUT2D eigenvalue weighted by Gasteiger charge is 2.41. The number of aromatic hydroxyl groups is 1. The van der Waals surface area contributed by atoms with Crippen LogP contribution in [0.3, 0.4) is 0 Å². The van der Waals surface area contributed by atoms with Gasteiger partial charge in [0.1, 0.15) is 23.9 Å². The van der Waals surface area contributed by atoms with Crippen LogP contribution in [0.2, 0.25) is 0 Å². The van der Waals surface area contributed by atoms with Crippen molar-refractivity contribution in [2.75, 3.05) is 6.54 Å². The molecular formula is C24H18F8N2O2. The number of hydrogen-bond acceptors (Lipinski definition) is 2. The van der Waals surface area contributed by atoms with Gasteiger partial charge in [-0.3, -0.25) is 0 Å². The van der Waals surface area contributed by atoms with Crippen LogP contribution >= 0.6 is 0 Å². The lowest BCUT2D eigenvalue weighted by Crippen LogP contribution is -2.53. The van der Waals surface area contributed by atoms with Crippen LogP contribution in [0.15, 0.2) is 66.7 Å². The summed E-state index contributed by atoms with van der Waals surface area (Å²) >= 11 is 0. The van der Waals surface area contributed by atoms with E-state index in [1.54, 1.807) is 23.5 Å². The van der Waals surface area contributed by atoms with Crippen LogP contribution in [0.5, 0.6) is 5.75 Å². The highest BCUT2D eigenvalue weighted by molar-refractivity contribution is 5.76. The van der Waals surface area contributed by atoms with Crippen LogP contribution < -0.4 is 10.6 Å². The first-order chi connectivity index (χ1) is 16.7. The van der Waals surface area contributed by atoms with Gasteiger partial charge in [0.15, 0.2) is 0 Å². The minimum Gasteiger partial charge on any atom is -0.508 e. The van der Waals surface area contributed by atoms with E-state index in [4.69, 9.17) is 0 Å². The van der Waals surface area contributed by atoms with Crippen molar-refractivity contribution in [3.05, 3.63) is 101 Å². The fraction of sp³-hybridized carbons (Fsp3) is 0.208. The molecule has 0 heterocycles. The molecule has 3 N–H and O–H groups in total. The number of hydrogen-bond donors (Lipinski definition) is 3. The van der Waals surface area contributed by atoms with Gasteiger partial charge in [0.25, 0.3) is 0 Å². The maximum absolute atomic E-state index is 14.3. The van der Waals surface area contributed by atoms with Gasteiger partial charge in [-0.25, -0.2) is 13.6 Å². The molecule has 12 heteroatoms. The van der Waals surface area contributed by atoms with E-state index in [-0.39, 0.29) is 5.56 Å². The van der Waals surface area contributed by atoms with E-state index in [9.17, 15) is 45.0 Å². The lowest BCUT2D eigenvalue weighted by molar-refractivity contribution is -0.140. The van der Waals surface area contributed by atoms with E-state index in [2.05, 4.69) is 5.32 Å². The molecular weight excluding hydrogens is 500 g/mol. The summed E-state index contributed by atoms with van der Waals surface area (Å²) in [6, 6.07) is 10.5. The first-order valence-electron chi connectivity index (χ1n) is 10.2. The fourth-order valence-corrected chi connectivity index (χ4v) is 3.71. The largest absolute Gasteiger partial charge is 0.508 e. The van der Waals surface area contributed by atoms with Crippen molar-refractivity contribution >= 4 is 6.03 Å². The van der Waals surface area contributed by atoms with Gasteiger partial charge in [-0.2, -0.15) is 26.3 Å². The summed E-state index contributed by atoms with van der Waals surface area (Å²) in [6.07, 6.45) is -10.4. The Hall–Kier alpha value is -3.83. The molecule has 3 rings (SSSR count). The van der Waals surface area contributed by atoms with Crippen LogP contribution in [0.1, 0.15) is 22.3 Å². The van der Waals surface area contributed by atoms with E-state index >= 15 is 0 Å². The van der Waals surface area contributed by atoms with Crippen molar-refractivity contribution in [3.8, 4) is 5.75 Å². The summed E-state index contributed by atoms with van der Waals surface area (Å²) < 4.78 is 107. The summed E-state index contributed by atoms with van der Waals surface area (Å²) in [4.78, 5) is 12.6. The third-order valence-electron chi connectivity index (χ3n) is 5.23. The van der Waals surface area contributed by atoms with E-state index in [0.29, 0.717) is 23.8 Å². The van der Waals surface area contributed by atoms with Crippen LogP contribution in [0, 0.1) is 11.6 Å². The molecule has 0 saturated heterocycles. The molecule has 3 aromatic rings. The molecule has 3 aromatic carbocycles. The van der Waals surface area contributed by atoms with Gasteiger partial charge in [0, 0.05) is 12.5 Å². The normalized spacial score (nSPS) is 13.7. The standard InChI is InChI=1S/C24H18F8N2O2/c25-17-8-16(9-18(35)11-17)22(12-14-4-2-1-3-5-14,34-21(36)33-13-23(27,28)29)15-6-7-20(26)19(10-15)24(30,31)32/h1-11,35H,12-13H2,(H2,33,34,36)/t22-/m0/s1. The van der Waals surface area contributed by atoms with E-state index in [1.165, 1.54) is 12.1 Å². The van der Waals surface area contributed by atoms with Crippen molar-refractivity contribution in [3.63, 3.8) is 0 Å². The molecule has 0 aliphatic heterocycles. The molecule has 192 valence electrons. The van der Waals surface area contributed by atoms with Crippen LogP contribution in [-0.4, -0.2) is 23.9 Å². The number of benzene rings is 3. The summed E-state index contributed by atoms with van der Waals surface area (Å²) in [7, 11) is 0. The zero-order valence-electron chi connectivity index (χ0n) is 18.1. The molecule has 0 aromatic heterocycles. The van der Waals surface area contributed by atoms with Crippen molar-refractivity contribution in [1.82, 2.24) is 10.6 Å². The third-order valence-corrected chi connectivity index (χ3v) is 5.23. The van der Waals surface area contributed by atoms with Gasteiger partial charge in [-0.15, -0.1) is 0 Å². The average molecular weight is 518 g/mol. The molecule has 2 amide bonds. The topological polar surface area (TPSA) is 61.4 Å². The van der Waals surface area contributed by atoms with Crippen LogP contribution in [-0.2, 0) is 18.1 Å². The smallest absolute Gasteiger partial charge is 0.419 e. The molecule has 0 bridgehead atoms. The predicted molar refractivity (Wildman–Crippen MR) is 113 cm³/mol. The van der Waals surface area contributed by atoms with Crippen molar-refractivity contribution in [1.29, 1.82) is 0 Å². The number of carbonyl (C=O) groups excluding carboxylic acids is 1. The molecule has 0 aliphatic carbocycles. The van der Waals surface area contributed by atoms with Crippen molar-refractivity contribution in [2.24, 2.45) is 0 Å². The van der Waals surface area contributed by atoms with Gasteiger partial charge in [-0.1, -0.05) is 36.4 Å². The maximum Gasteiger partial charge on any atom is 0.419 e. The molecule has 4 nitrogen and oxygen atoms in total. The highest BCUT2D eigenvalue weighted by Crippen LogP contribution is 2.39. The van der Waals surface area contributed by atoms with Gasteiger partial charge in [-0.05, 0) is 41.0 Å². The second-order valence-electron chi connectivity index (χ2n) is 7.88. The Morgan fingerprint density at radius 1 is 0.833 bits per heavy atom. The number of nitrogens with one attached hydrogen (secondary N) is 2. The van der Waals surface area contributed by atoms with E-state index in [0.717, 1.165) is 18.2 Å². The summed E-state index contributed by atoms with van der Waals surface area (Å²) in [6.45, 7) is -1.77. The number of alkyl halides is 6. The minimum absolute atomic E-state index is 0.300. The van der Waals surface area contributed by atoms with Crippen molar-refractivity contribution in [2.45, 2.75) is 24.3 Å². The first kappa shape index (κ1) is 26.8. The Bertz CT molecular complexity index is 1210. The molecule has 0 aliphatic rings. The number of urea groups is 1. The Morgan fingerprint density at radius 3 is 2.08 bits per heavy atom. The lowest BCUT2D eigenvalue weighted by atomic mass is 9.77. The molecule has 0 unspecified atom stereocenters. The summed E-state index contributed by atoms with van der Waals surface area (Å²) in [5.41, 5.74) is -4.24. The van der Waals surface area contributed by atoms with Crippen LogP contribution in [0.25, 0.3) is 0 Å². The Kier molecular flexibility index (Phi) is 7.46. The lowest BCUT2D eigenvalue weighted by Gasteiger charge is -2.37. The maximum atomic E-state index is 14.3. The second-order valence-corrected chi connectivity index (χ2v) is 7.88. The Morgan fingerprint density at radius 2 is 1.50 bits per heavy atom. The number of phenolic OH excluding ortho intramolecular Hbond substituents is 1. The first-order valence-corrected chi connectivity index (χ1v) is 10.2. The fourth-order valence-electron chi connectivity index (χ4n) is 3.71. The average Bonchev–Trinajstić information content (AvgIpc) is 2.76. The SMILES string of the molecule is O=C(NCC(F)(F)F)N[C@](Cc1ccccc1)(c1cc(O)cc(F)c1)c1ccc(F)c(C(F)(F)F)c1. The summed E-state index contributed by atoms with van der Waals surface area (Å²) in [5, 5.41) is 13.8. The number of amides is 2. The van der Waals surface area contributed by atoms with Crippen LogP contribution in [0.4, 0.5) is 39.9 Å². The number of carbonyl (C=O) groups is 1. The summed E-state index contributed by atoms with van der Waals surface area (Å²) in [5.74, 6) is -3.35. The third kappa shape index (κ3) is 6.43. The van der Waals surface area contributed by atoms with Gasteiger partial charge >= 0.3 is 18.4 Å². The molecule has 36 heavy (non-hydrogen) atoms. The highest BCUT2D eigenvalue weighted by atomic mass is 19.4. The van der Waals surface area contributed by atoms with Gasteiger partial charge < -0.3 is 15.7 Å². The quantitative estimate of drug-likeness (QED) is 0.349. The monoisotopic (exact) mass is 518 g/mol. The predicted octanol–water partition coefficient (Wildman–Crippen LogP) is 6.04. The number of rotatable bonds is 6. The van der Waals surface area contributed by atoms with Crippen molar-refractivity contribution < 1.29 is 45.0 Å². The zero-order chi connectivity index (χ0) is 26.7.